The molecule has 0 radical (unpaired) electrons. The maximum Gasteiger partial charge on any atom is 0.281 e. The first-order chi connectivity index (χ1) is 12.9. The molecule has 1 aliphatic rings. The number of carbonyl (C=O) groups is 1. The zero-order chi connectivity index (χ0) is 19.4. The molecule has 1 aromatic heterocycles. The van der Waals surface area contributed by atoms with E-state index in [2.05, 4.69) is 26.5 Å². The molecule has 1 amide bonds. The number of hydrogen-bond acceptors (Lipinski definition) is 7. The molecule has 10 heteroatoms. The molecule has 0 aliphatic carbocycles. The molecule has 1 aromatic carbocycles. The van der Waals surface area contributed by atoms with E-state index in [0.717, 1.165) is 0 Å². The van der Waals surface area contributed by atoms with Crippen LogP contribution in [0.4, 0.5) is 5.69 Å². The van der Waals surface area contributed by atoms with Crippen LogP contribution < -0.4 is 5.43 Å². The van der Waals surface area contributed by atoms with Crippen molar-refractivity contribution in [3.63, 3.8) is 0 Å². The fraction of sp³-hybridized carbons (Fsp3) is 0.294. The first-order valence-corrected chi connectivity index (χ1v) is 8.80. The molecule has 27 heavy (non-hydrogen) atoms. The molecule has 0 atom stereocenters. The number of hydrogen-bond donors (Lipinski definition) is 1. The first kappa shape index (κ1) is 19.2. The summed E-state index contributed by atoms with van der Waals surface area (Å²) in [5, 5.41) is 15.0. The second kappa shape index (κ2) is 7.99. The van der Waals surface area contributed by atoms with Gasteiger partial charge >= 0.3 is 0 Å². The highest BCUT2D eigenvalue weighted by atomic mass is 79.9. The number of nitrogens with zero attached hydrogens (tertiary/aromatic N) is 2. The monoisotopic (exact) mass is 437 g/mol. The SMILES string of the molecule is CC1(CC(=O)N/N=C\c2ccc(-c3ccc(Br)cc3[N+](=O)[O-])o2)OCCO1. The predicted octanol–water partition coefficient (Wildman–Crippen LogP) is 3.22. The number of rotatable bonds is 6. The number of halogens is 1. The minimum Gasteiger partial charge on any atom is -0.455 e. The van der Waals surface area contributed by atoms with Crippen molar-refractivity contribution in [1.82, 2.24) is 5.43 Å². The lowest BCUT2D eigenvalue weighted by atomic mass is 10.1. The van der Waals surface area contributed by atoms with Crippen molar-refractivity contribution in [3.8, 4) is 11.3 Å². The van der Waals surface area contributed by atoms with Gasteiger partial charge in [-0.2, -0.15) is 5.10 Å². The maximum atomic E-state index is 11.9. The highest BCUT2D eigenvalue weighted by Crippen LogP contribution is 2.33. The first-order valence-electron chi connectivity index (χ1n) is 8.00. The van der Waals surface area contributed by atoms with Crippen molar-refractivity contribution in [3.05, 3.63) is 50.7 Å². The molecule has 1 fully saturated rings. The number of furan rings is 1. The molecule has 3 rings (SSSR count). The fourth-order valence-electron chi connectivity index (χ4n) is 2.59. The van der Waals surface area contributed by atoms with E-state index in [1.807, 2.05) is 0 Å². The van der Waals surface area contributed by atoms with Crippen LogP contribution in [0.15, 0.2) is 44.3 Å². The van der Waals surface area contributed by atoms with Crippen LogP contribution in [-0.4, -0.2) is 36.0 Å². The molecular weight excluding hydrogens is 422 g/mol. The molecule has 1 N–H and O–H groups in total. The Kier molecular flexibility index (Phi) is 5.68. The van der Waals surface area contributed by atoms with Crippen molar-refractivity contribution in [2.45, 2.75) is 19.1 Å². The summed E-state index contributed by atoms with van der Waals surface area (Å²) >= 11 is 3.21. The molecule has 9 nitrogen and oxygen atoms in total. The molecule has 1 saturated heterocycles. The topological polar surface area (TPSA) is 116 Å². The van der Waals surface area contributed by atoms with Crippen LogP contribution in [0.3, 0.4) is 0 Å². The van der Waals surface area contributed by atoms with E-state index < -0.39 is 10.7 Å². The van der Waals surface area contributed by atoms with Gasteiger partial charge in [-0.1, -0.05) is 15.9 Å². The number of carbonyl (C=O) groups excluding carboxylic acids is 1. The molecule has 2 aromatic rings. The Balaban J connectivity index is 1.65. The molecule has 2 heterocycles. The van der Waals surface area contributed by atoms with Crippen molar-refractivity contribution in [2.24, 2.45) is 5.10 Å². The van der Waals surface area contributed by atoms with Gasteiger partial charge < -0.3 is 13.9 Å². The van der Waals surface area contributed by atoms with Gasteiger partial charge in [0, 0.05) is 10.5 Å². The van der Waals surface area contributed by atoms with Gasteiger partial charge in [0.1, 0.15) is 11.5 Å². The fourth-order valence-corrected chi connectivity index (χ4v) is 2.94. The largest absolute Gasteiger partial charge is 0.455 e. The van der Waals surface area contributed by atoms with Crippen LogP contribution in [-0.2, 0) is 14.3 Å². The third kappa shape index (κ3) is 4.79. The minimum absolute atomic E-state index is 0.0127. The molecule has 142 valence electrons. The van der Waals surface area contributed by atoms with Gasteiger partial charge in [0.15, 0.2) is 5.79 Å². The molecule has 1 aliphatic heterocycles. The van der Waals surface area contributed by atoms with Gasteiger partial charge in [-0.25, -0.2) is 5.43 Å². The van der Waals surface area contributed by atoms with Crippen LogP contribution in [0.5, 0.6) is 0 Å². The Hall–Kier alpha value is -2.56. The molecule has 0 spiro atoms. The summed E-state index contributed by atoms with van der Waals surface area (Å²) in [5.74, 6) is -0.645. The molecule has 0 bridgehead atoms. The van der Waals surface area contributed by atoms with E-state index in [9.17, 15) is 14.9 Å². The standard InChI is InChI=1S/C17H16BrN3O6/c1-17(25-6-7-26-17)9-16(22)20-19-10-12-3-5-15(27-12)13-4-2-11(18)8-14(13)21(23)24/h2-5,8,10H,6-7,9H2,1H3,(H,20,22)/b19-10-. The van der Waals surface area contributed by atoms with Crippen LogP contribution in [0.25, 0.3) is 11.3 Å². The van der Waals surface area contributed by atoms with Crippen molar-refractivity contribution < 1.29 is 23.6 Å². The van der Waals surface area contributed by atoms with Gasteiger partial charge in [-0.3, -0.25) is 14.9 Å². The van der Waals surface area contributed by atoms with Crippen LogP contribution in [0.2, 0.25) is 0 Å². The third-order valence-corrected chi connectivity index (χ3v) is 4.30. The van der Waals surface area contributed by atoms with Crippen molar-refractivity contribution in [2.75, 3.05) is 13.2 Å². The quantitative estimate of drug-likeness (QED) is 0.421. The van der Waals surface area contributed by atoms with Gasteiger partial charge in [0.25, 0.3) is 5.69 Å². The summed E-state index contributed by atoms with van der Waals surface area (Å²) in [6.45, 7) is 2.59. The number of nitro groups is 1. The minimum atomic E-state index is -0.933. The zero-order valence-electron chi connectivity index (χ0n) is 14.3. The van der Waals surface area contributed by atoms with Crippen LogP contribution >= 0.6 is 15.9 Å². The summed E-state index contributed by atoms with van der Waals surface area (Å²) < 4.78 is 16.9. The van der Waals surface area contributed by atoms with E-state index in [4.69, 9.17) is 13.9 Å². The lowest BCUT2D eigenvalue weighted by molar-refractivity contribution is -0.384. The zero-order valence-corrected chi connectivity index (χ0v) is 15.9. The van der Waals surface area contributed by atoms with E-state index in [0.29, 0.717) is 34.8 Å². The number of nitrogens with one attached hydrogen (secondary N) is 1. The van der Waals surface area contributed by atoms with Gasteiger partial charge in [-0.15, -0.1) is 0 Å². The van der Waals surface area contributed by atoms with Crippen LogP contribution in [0.1, 0.15) is 19.1 Å². The van der Waals surface area contributed by atoms with E-state index >= 15 is 0 Å². The molecular formula is C17H16BrN3O6. The summed E-state index contributed by atoms with van der Waals surface area (Å²) in [6, 6.07) is 7.88. The lowest BCUT2D eigenvalue weighted by Gasteiger charge is -2.20. The summed E-state index contributed by atoms with van der Waals surface area (Å²) in [6.07, 6.45) is 1.32. The van der Waals surface area contributed by atoms with Gasteiger partial charge in [0.2, 0.25) is 5.91 Å². The molecule has 0 saturated carbocycles. The Morgan fingerprint density at radius 3 is 2.81 bits per heavy atom. The Labute approximate surface area is 162 Å². The van der Waals surface area contributed by atoms with E-state index in [1.54, 1.807) is 31.2 Å². The number of benzene rings is 1. The molecule has 0 unspecified atom stereocenters. The van der Waals surface area contributed by atoms with E-state index in [1.165, 1.54) is 12.3 Å². The van der Waals surface area contributed by atoms with Gasteiger partial charge in [0.05, 0.1) is 36.3 Å². The summed E-state index contributed by atoms with van der Waals surface area (Å²) in [4.78, 5) is 22.6. The summed E-state index contributed by atoms with van der Waals surface area (Å²) in [5.41, 5.74) is 2.63. The Bertz CT molecular complexity index is 889. The highest BCUT2D eigenvalue weighted by molar-refractivity contribution is 9.10. The Morgan fingerprint density at radius 2 is 2.11 bits per heavy atom. The smallest absolute Gasteiger partial charge is 0.281 e. The van der Waals surface area contributed by atoms with Crippen molar-refractivity contribution >= 4 is 33.7 Å². The third-order valence-electron chi connectivity index (χ3n) is 3.81. The van der Waals surface area contributed by atoms with E-state index in [-0.39, 0.29) is 18.0 Å². The van der Waals surface area contributed by atoms with Crippen molar-refractivity contribution in [1.29, 1.82) is 0 Å². The number of hydrazone groups is 1. The second-order valence-electron chi connectivity index (χ2n) is 5.92. The average Bonchev–Trinajstić information content (AvgIpc) is 3.24. The normalized spacial score (nSPS) is 15.9. The van der Waals surface area contributed by atoms with Gasteiger partial charge in [-0.05, 0) is 31.2 Å². The second-order valence-corrected chi connectivity index (χ2v) is 6.84. The Morgan fingerprint density at radius 1 is 1.37 bits per heavy atom. The number of nitro benzene ring substituents is 1. The maximum absolute atomic E-state index is 11.9. The highest BCUT2D eigenvalue weighted by Gasteiger charge is 2.33. The lowest BCUT2D eigenvalue weighted by Crippen LogP contribution is -2.33. The predicted molar refractivity (Wildman–Crippen MR) is 99.2 cm³/mol. The number of amides is 1. The number of ether oxygens (including phenoxy) is 2. The average molecular weight is 438 g/mol. The summed E-state index contributed by atoms with van der Waals surface area (Å²) in [7, 11) is 0. The van der Waals surface area contributed by atoms with Crippen LogP contribution in [0, 0.1) is 10.1 Å².